The van der Waals surface area contributed by atoms with Crippen molar-refractivity contribution in [3.63, 3.8) is 0 Å². The number of nitrogens with zero attached hydrogens (tertiary/aromatic N) is 3. The molecule has 1 saturated carbocycles. The first kappa shape index (κ1) is 28.3. The number of carboxylic acids is 1. The average molecular weight is 584 g/mol. The van der Waals surface area contributed by atoms with Crippen LogP contribution >= 0.6 is 0 Å². The minimum atomic E-state index is -0.735. The summed E-state index contributed by atoms with van der Waals surface area (Å²) in [5.74, 6) is 1.01. The molecule has 3 aliphatic heterocycles. The van der Waals surface area contributed by atoms with Crippen LogP contribution < -0.4 is 9.64 Å². The predicted octanol–water partition coefficient (Wildman–Crippen LogP) is 5.02. The third-order valence-electron chi connectivity index (χ3n) is 10.2. The van der Waals surface area contributed by atoms with E-state index in [4.69, 9.17) is 19.2 Å². The number of aromatic nitrogens is 1. The maximum absolute atomic E-state index is 12.2. The number of hydrogen-bond donors (Lipinski definition) is 1. The molecule has 43 heavy (non-hydrogen) atoms. The van der Waals surface area contributed by atoms with Crippen molar-refractivity contribution in [2.45, 2.75) is 58.3 Å². The van der Waals surface area contributed by atoms with Crippen molar-refractivity contribution in [3.05, 3.63) is 76.3 Å². The van der Waals surface area contributed by atoms with Crippen LogP contribution in [-0.4, -0.2) is 73.1 Å². The molecule has 2 saturated heterocycles. The minimum Gasteiger partial charge on any atom is -0.488 e. The van der Waals surface area contributed by atoms with Crippen LogP contribution in [0.15, 0.2) is 48.5 Å². The fraction of sp³-hybridized carbons (Fsp3) is 0.486. The summed E-state index contributed by atoms with van der Waals surface area (Å²) in [6.07, 6.45) is 2.89. The van der Waals surface area contributed by atoms with Crippen molar-refractivity contribution in [2.24, 2.45) is 11.3 Å². The van der Waals surface area contributed by atoms with Gasteiger partial charge in [-0.2, -0.15) is 0 Å². The van der Waals surface area contributed by atoms with E-state index in [-0.39, 0.29) is 12.0 Å². The van der Waals surface area contributed by atoms with Crippen molar-refractivity contribution < 1.29 is 24.1 Å². The van der Waals surface area contributed by atoms with Gasteiger partial charge in [0, 0.05) is 45.0 Å². The van der Waals surface area contributed by atoms with Crippen molar-refractivity contribution in [2.75, 3.05) is 44.9 Å². The van der Waals surface area contributed by atoms with Gasteiger partial charge in [-0.3, -0.25) is 9.69 Å². The lowest BCUT2D eigenvalue weighted by molar-refractivity contribution is -0.144. The number of aryl methyl sites for hydroxylation is 2. The van der Waals surface area contributed by atoms with Gasteiger partial charge in [-0.15, -0.1) is 0 Å². The number of methoxy groups -OCH3 is 1. The summed E-state index contributed by atoms with van der Waals surface area (Å²) in [7, 11) is 1.63. The van der Waals surface area contributed by atoms with Gasteiger partial charge in [-0.05, 0) is 85.0 Å². The number of carbonyl (C=O) groups is 1. The maximum atomic E-state index is 12.2. The van der Waals surface area contributed by atoms with Crippen LogP contribution in [0.4, 0.5) is 5.82 Å². The SMILES string of the molecule is COC[C@H]1N(c2cccc(-c3cccc(C)c3OCc3cc(C)c4c(c3)CCN(C3CCOC3)C4)n2)C[C@@H]2C[C@@]21C(=O)O. The van der Waals surface area contributed by atoms with Crippen LogP contribution in [0.1, 0.15) is 40.7 Å². The predicted molar refractivity (Wildman–Crippen MR) is 164 cm³/mol. The molecule has 1 N–H and O–H groups in total. The number of ether oxygens (including phenoxy) is 3. The third kappa shape index (κ3) is 4.99. The first-order valence-corrected chi connectivity index (χ1v) is 15.5. The zero-order valence-corrected chi connectivity index (χ0v) is 25.3. The number of rotatable bonds is 9. The number of pyridine rings is 1. The number of aliphatic carboxylic acids is 1. The molecule has 0 radical (unpaired) electrons. The normalized spacial score (nSPS) is 26.3. The molecule has 1 aromatic heterocycles. The highest BCUT2D eigenvalue weighted by atomic mass is 16.5. The Morgan fingerprint density at radius 1 is 1.16 bits per heavy atom. The molecule has 226 valence electrons. The molecule has 0 spiro atoms. The highest BCUT2D eigenvalue weighted by Crippen LogP contribution is 2.62. The van der Waals surface area contributed by atoms with Crippen LogP contribution in [0.5, 0.6) is 5.75 Å². The second kappa shape index (κ2) is 11.2. The lowest BCUT2D eigenvalue weighted by atomic mass is 9.92. The third-order valence-corrected chi connectivity index (χ3v) is 10.2. The van der Waals surface area contributed by atoms with E-state index in [9.17, 15) is 9.90 Å². The Bertz CT molecular complexity index is 1540. The van der Waals surface area contributed by atoms with Crippen LogP contribution in [0.25, 0.3) is 11.3 Å². The van der Waals surface area contributed by atoms with E-state index >= 15 is 0 Å². The smallest absolute Gasteiger partial charge is 0.312 e. The number of anilines is 1. The Labute approximate surface area is 253 Å². The van der Waals surface area contributed by atoms with Crippen molar-refractivity contribution in [1.29, 1.82) is 0 Å². The standard InChI is InChI=1S/C35H41N3O5/c1-22-6-4-7-28(30-8-5-9-32(36-30)38-17-26-16-35(26,34(39)40)31(38)21-41-3)33(22)43-19-24-14-23(2)29-18-37(12-10-25(29)15-24)27-11-13-42-20-27/h4-9,14-15,26-27,31H,10-13,16-21H2,1-3H3,(H,39,40)/t26-,27?,31+,35+/m0/s1. The monoisotopic (exact) mass is 583 g/mol. The van der Waals surface area contributed by atoms with Gasteiger partial charge >= 0.3 is 5.97 Å². The maximum Gasteiger partial charge on any atom is 0.312 e. The Morgan fingerprint density at radius 2 is 2.02 bits per heavy atom. The van der Waals surface area contributed by atoms with Crippen molar-refractivity contribution >= 4 is 11.8 Å². The molecule has 3 fully saturated rings. The topological polar surface area (TPSA) is 84.4 Å². The Hall–Kier alpha value is -3.46. The Morgan fingerprint density at radius 3 is 2.81 bits per heavy atom. The van der Waals surface area contributed by atoms with Crippen LogP contribution in [0, 0.1) is 25.2 Å². The van der Waals surface area contributed by atoms with Gasteiger partial charge in [0.2, 0.25) is 0 Å². The summed E-state index contributed by atoms with van der Waals surface area (Å²) < 4.78 is 17.7. The van der Waals surface area contributed by atoms with E-state index in [1.807, 2.05) is 24.3 Å². The molecule has 3 aromatic rings. The molecule has 7 rings (SSSR count). The number of hydrogen-bond acceptors (Lipinski definition) is 7. The van der Waals surface area contributed by atoms with E-state index in [0.717, 1.165) is 67.5 Å². The van der Waals surface area contributed by atoms with E-state index in [1.165, 1.54) is 22.3 Å². The van der Waals surface area contributed by atoms with Crippen LogP contribution in [-0.2, 0) is 33.8 Å². The molecule has 8 nitrogen and oxygen atoms in total. The van der Waals surface area contributed by atoms with Gasteiger partial charge in [-0.1, -0.05) is 30.3 Å². The molecule has 1 aliphatic carbocycles. The van der Waals surface area contributed by atoms with Crippen LogP contribution in [0.2, 0.25) is 0 Å². The fourth-order valence-electron chi connectivity index (χ4n) is 7.79. The zero-order valence-electron chi connectivity index (χ0n) is 25.3. The molecule has 1 unspecified atom stereocenters. The second-order valence-electron chi connectivity index (χ2n) is 12.8. The van der Waals surface area contributed by atoms with Crippen LogP contribution in [0.3, 0.4) is 0 Å². The molecule has 4 atom stereocenters. The van der Waals surface area contributed by atoms with E-state index < -0.39 is 11.4 Å². The van der Waals surface area contributed by atoms with E-state index in [1.54, 1.807) is 7.11 Å². The highest BCUT2D eigenvalue weighted by molar-refractivity contribution is 5.82. The van der Waals surface area contributed by atoms with Gasteiger partial charge in [0.15, 0.2) is 0 Å². The molecular formula is C35H41N3O5. The number of fused-ring (bicyclic) bond motifs is 2. The van der Waals surface area contributed by atoms with Gasteiger partial charge in [0.1, 0.15) is 18.2 Å². The molecule has 0 amide bonds. The lowest BCUT2D eigenvalue weighted by Crippen LogP contribution is -2.43. The Balaban J connectivity index is 1.11. The number of para-hydroxylation sites is 1. The second-order valence-corrected chi connectivity index (χ2v) is 12.8. The molecular weight excluding hydrogens is 542 g/mol. The first-order valence-electron chi connectivity index (χ1n) is 15.5. The van der Waals surface area contributed by atoms with Gasteiger partial charge in [-0.25, -0.2) is 4.98 Å². The van der Waals surface area contributed by atoms with Crippen molar-refractivity contribution in [3.8, 4) is 17.0 Å². The molecule has 0 bridgehead atoms. The highest BCUT2D eigenvalue weighted by Gasteiger charge is 2.71. The average Bonchev–Trinajstić information content (AvgIpc) is 3.32. The largest absolute Gasteiger partial charge is 0.488 e. The number of carboxylic acid groups (broad SMARTS) is 1. The summed E-state index contributed by atoms with van der Waals surface area (Å²) in [4.78, 5) is 22.0. The molecule has 4 heterocycles. The van der Waals surface area contributed by atoms with E-state index in [0.29, 0.717) is 32.2 Å². The fourth-order valence-corrected chi connectivity index (χ4v) is 7.79. The quantitative estimate of drug-likeness (QED) is 0.376. The summed E-state index contributed by atoms with van der Waals surface area (Å²) in [6.45, 7) is 9.62. The van der Waals surface area contributed by atoms with E-state index in [2.05, 4.69) is 47.9 Å². The van der Waals surface area contributed by atoms with Gasteiger partial charge in [0.25, 0.3) is 0 Å². The summed E-state index contributed by atoms with van der Waals surface area (Å²) in [5, 5.41) is 10.0. The first-order chi connectivity index (χ1) is 20.9. The summed E-state index contributed by atoms with van der Waals surface area (Å²) >= 11 is 0. The van der Waals surface area contributed by atoms with Gasteiger partial charge in [0.05, 0.1) is 30.4 Å². The summed E-state index contributed by atoms with van der Waals surface area (Å²) in [6, 6.07) is 17.1. The Kier molecular flexibility index (Phi) is 7.40. The summed E-state index contributed by atoms with van der Waals surface area (Å²) in [5.41, 5.74) is 7.47. The number of benzene rings is 2. The minimum absolute atomic E-state index is 0.133. The van der Waals surface area contributed by atoms with Crippen molar-refractivity contribution in [1.82, 2.24) is 9.88 Å². The van der Waals surface area contributed by atoms with Gasteiger partial charge < -0.3 is 24.2 Å². The molecule has 8 heteroatoms. The number of piperidine rings is 1. The molecule has 4 aliphatic rings. The molecule has 2 aromatic carbocycles. The lowest BCUT2D eigenvalue weighted by Gasteiger charge is -2.34. The zero-order chi connectivity index (χ0) is 29.7.